The summed E-state index contributed by atoms with van der Waals surface area (Å²) in [6.07, 6.45) is 1.60. The molecule has 3 rings (SSSR count). The zero-order chi connectivity index (χ0) is 23.5. The fourth-order valence-electron chi connectivity index (χ4n) is 3.24. The number of nitrogens with zero attached hydrogens (tertiary/aromatic N) is 1. The number of carboxylic acid groups (broad SMARTS) is 1. The maximum absolute atomic E-state index is 14.8. The van der Waals surface area contributed by atoms with E-state index in [1.54, 1.807) is 0 Å². The van der Waals surface area contributed by atoms with Crippen molar-refractivity contribution in [2.45, 2.75) is 29.4 Å². The summed E-state index contributed by atoms with van der Waals surface area (Å²) in [5, 5.41) is 7.40. The number of hydrogen-bond acceptors (Lipinski definition) is 4. The van der Waals surface area contributed by atoms with Gasteiger partial charge in [0.05, 0.1) is 9.92 Å². The Bertz CT molecular complexity index is 1250. The average molecular weight is 500 g/mol. The van der Waals surface area contributed by atoms with Crippen LogP contribution in [0.15, 0.2) is 59.6 Å². The second-order valence-corrected chi connectivity index (χ2v) is 9.87. The predicted octanol–water partition coefficient (Wildman–Crippen LogP) is 5.64. The minimum absolute atomic E-state index is 0.00596. The topological polar surface area (TPSA) is 84.3 Å². The number of hydrogen-bond donors (Lipinski definition) is 1. The molecule has 0 aliphatic heterocycles. The highest BCUT2D eigenvalue weighted by Gasteiger charge is 2.35. The summed E-state index contributed by atoms with van der Waals surface area (Å²) in [5.41, 5.74) is -0.0326. The van der Waals surface area contributed by atoms with E-state index in [2.05, 4.69) is 4.98 Å². The van der Waals surface area contributed by atoms with Crippen molar-refractivity contribution >= 4 is 39.0 Å². The Kier molecular flexibility index (Phi) is 7.48. The molecule has 1 N–H and O–H groups in total. The fraction of sp³-hybridized carbons (Fsp3) is 0.182. The van der Waals surface area contributed by atoms with Gasteiger partial charge in [-0.1, -0.05) is 23.2 Å². The molecule has 32 heavy (non-hydrogen) atoms. The SMILES string of the molecule is O=C(O)CCCc1cc(C(c2cc(F)ccc2F)S(=O)(=O)c2ccc(Cl)cc2)c(Cl)cn1. The van der Waals surface area contributed by atoms with E-state index in [0.29, 0.717) is 10.7 Å². The first kappa shape index (κ1) is 24.1. The lowest BCUT2D eigenvalue weighted by Crippen LogP contribution is -2.18. The third-order valence-corrected chi connectivity index (χ3v) is 7.37. The molecule has 1 heterocycles. The van der Waals surface area contributed by atoms with Crippen LogP contribution >= 0.6 is 23.2 Å². The summed E-state index contributed by atoms with van der Waals surface area (Å²) >= 11 is 12.1. The van der Waals surface area contributed by atoms with Gasteiger partial charge in [-0.3, -0.25) is 9.78 Å². The lowest BCUT2D eigenvalue weighted by Gasteiger charge is -2.21. The molecule has 2 aromatic carbocycles. The van der Waals surface area contributed by atoms with Crippen molar-refractivity contribution in [2.24, 2.45) is 0 Å². The Morgan fingerprint density at radius 2 is 1.72 bits per heavy atom. The maximum atomic E-state index is 14.8. The van der Waals surface area contributed by atoms with Crippen molar-refractivity contribution in [1.29, 1.82) is 0 Å². The highest BCUT2D eigenvalue weighted by Crippen LogP contribution is 2.40. The van der Waals surface area contributed by atoms with Crippen LogP contribution in [0, 0.1) is 11.6 Å². The number of carboxylic acids is 1. The Balaban J connectivity index is 2.18. The zero-order valence-electron chi connectivity index (χ0n) is 16.4. The van der Waals surface area contributed by atoms with Gasteiger partial charge in [-0.2, -0.15) is 0 Å². The molecule has 5 nitrogen and oxygen atoms in total. The molecule has 0 spiro atoms. The number of halogens is 4. The van der Waals surface area contributed by atoms with Crippen molar-refractivity contribution in [3.05, 3.63) is 93.2 Å². The molecule has 0 aliphatic rings. The summed E-state index contributed by atoms with van der Waals surface area (Å²) in [7, 11) is -4.31. The predicted molar refractivity (Wildman–Crippen MR) is 117 cm³/mol. The largest absolute Gasteiger partial charge is 0.481 e. The lowest BCUT2D eigenvalue weighted by molar-refractivity contribution is -0.137. The van der Waals surface area contributed by atoms with Crippen LogP contribution < -0.4 is 0 Å². The fourth-order valence-corrected chi connectivity index (χ4v) is 5.47. The third kappa shape index (κ3) is 5.43. The number of benzene rings is 2. The summed E-state index contributed by atoms with van der Waals surface area (Å²) in [6.45, 7) is 0. The van der Waals surface area contributed by atoms with Crippen molar-refractivity contribution in [3.8, 4) is 0 Å². The molecular weight excluding hydrogens is 483 g/mol. The van der Waals surface area contributed by atoms with Gasteiger partial charge in [0, 0.05) is 28.9 Å². The van der Waals surface area contributed by atoms with Gasteiger partial charge in [-0.15, -0.1) is 0 Å². The number of aliphatic carboxylic acids is 1. The minimum atomic E-state index is -4.31. The van der Waals surface area contributed by atoms with Crippen molar-refractivity contribution in [3.63, 3.8) is 0 Å². The molecule has 0 saturated carbocycles. The van der Waals surface area contributed by atoms with Gasteiger partial charge in [-0.05, 0) is 66.9 Å². The highest BCUT2D eigenvalue weighted by molar-refractivity contribution is 7.92. The van der Waals surface area contributed by atoms with E-state index >= 15 is 0 Å². The molecule has 1 atom stereocenters. The van der Waals surface area contributed by atoms with Crippen molar-refractivity contribution in [2.75, 3.05) is 0 Å². The van der Waals surface area contributed by atoms with E-state index in [1.165, 1.54) is 36.5 Å². The number of aromatic nitrogens is 1. The van der Waals surface area contributed by atoms with Crippen LogP contribution in [0.2, 0.25) is 10.0 Å². The molecule has 3 aromatic rings. The van der Waals surface area contributed by atoms with E-state index in [1.807, 2.05) is 0 Å². The molecule has 168 valence electrons. The minimum Gasteiger partial charge on any atom is -0.481 e. The summed E-state index contributed by atoms with van der Waals surface area (Å²) < 4.78 is 55.9. The van der Waals surface area contributed by atoms with Gasteiger partial charge >= 0.3 is 5.97 Å². The standard InChI is InChI=1S/C22H17Cl2F2NO4S/c23-13-4-7-16(8-5-13)32(30,31)22(18-10-14(25)6-9-20(18)26)17-11-15(27-12-19(17)24)2-1-3-21(28)29/h4-12,22H,1-3H2,(H,28,29). The molecule has 0 radical (unpaired) electrons. The van der Waals surface area contributed by atoms with E-state index < -0.39 is 38.3 Å². The molecule has 0 fully saturated rings. The Morgan fingerprint density at radius 1 is 1.03 bits per heavy atom. The summed E-state index contributed by atoms with van der Waals surface area (Å²) in [4.78, 5) is 14.7. The van der Waals surface area contributed by atoms with Gasteiger partial charge in [-0.25, -0.2) is 17.2 Å². The molecule has 1 unspecified atom stereocenters. The second-order valence-electron chi connectivity index (χ2n) is 6.99. The van der Waals surface area contributed by atoms with Gasteiger partial charge in [0.15, 0.2) is 9.84 Å². The normalized spacial score (nSPS) is 12.5. The smallest absolute Gasteiger partial charge is 0.303 e. The Hall–Kier alpha value is -2.55. The van der Waals surface area contributed by atoms with Crippen LogP contribution in [0.25, 0.3) is 0 Å². The first-order valence-corrected chi connectivity index (χ1v) is 11.7. The van der Waals surface area contributed by atoms with Gasteiger partial charge in [0.1, 0.15) is 16.9 Å². The molecule has 0 amide bonds. The quantitative estimate of drug-likeness (QED) is 0.433. The molecular formula is C22H17Cl2F2NO4S. The number of aryl methyl sites for hydroxylation is 1. The van der Waals surface area contributed by atoms with Crippen molar-refractivity contribution < 1.29 is 27.1 Å². The van der Waals surface area contributed by atoms with E-state index in [9.17, 15) is 22.0 Å². The van der Waals surface area contributed by atoms with Crippen LogP contribution in [0.1, 0.15) is 34.9 Å². The molecule has 0 aliphatic carbocycles. The van der Waals surface area contributed by atoms with Gasteiger partial charge in [0.2, 0.25) is 0 Å². The van der Waals surface area contributed by atoms with Crippen LogP contribution in [0.3, 0.4) is 0 Å². The van der Waals surface area contributed by atoms with Crippen LogP contribution in [-0.2, 0) is 21.1 Å². The summed E-state index contributed by atoms with van der Waals surface area (Å²) in [6, 6.07) is 9.21. The maximum Gasteiger partial charge on any atom is 0.303 e. The Labute approximate surface area is 193 Å². The Morgan fingerprint density at radius 3 is 2.38 bits per heavy atom. The number of rotatable bonds is 8. The van der Waals surface area contributed by atoms with Gasteiger partial charge < -0.3 is 5.11 Å². The van der Waals surface area contributed by atoms with Crippen LogP contribution in [0.4, 0.5) is 8.78 Å². The first-order valence-electron chi connectivity index (χ1n) is 9.40. The number of carbonyl (C=O) groups is 1. The summed E-state index contributed by atoms with van der Waals surface area (Å²) in [5.74, 6) is -2.72. The molecule has 10 heteroatoms. The lowest BCUT2D eigenvalue weighted by atomic mass is 10.0. The molecule has 0 bridgehead atoms. The zero-order valence-corrected chi connectivity index (χ0v) is 18.8. The average Bonchev–Trinajstić information content (AvgIpc) is 2.73. The number of sulfone groups is 1. The van der Waals surface area contributed by atoms with Crippen molar-refractivity contribution in [1.82, 2.24) is 4.98 Å². The van der Waals surface area contributed by atoms with E-state index in [0.717, 1.165) is 18.2 Å². The second kappa shape index (κ2) is 9.94. The third-order valence-electron chi connectivity index (χ3n) is 4.74. The van der Waals surface area contributed by atoms with Crippen LogP contribution in [-0.4, -0.2) is 24.5 Å². The monoisotopic (exact) mass is 499 g/mol. The number of pyridine rings is 1. The van der Waals surface area contributed by atoms with E-state index in [4.69, 9.17) is 28.3 Å². The first-order chi connectivity index (χ1) is 15.1. The molecule has 1 aromatic heterocycles. The highest BCUT2D eigenvalue weighted by atomic mass is 35.5. The van der Waals surface area contributed by atoms with E-state index in [-0.39, 0.29) is 34.7 Å². The van der Waals surface area contributed by atoms with Crippen LogP contribution in [0.5, 0.6) is 0 Å². The molecule has 0 saturated heterocycles. The van der Waals surface area contributed by atoms with Gasteiger partial charge in [0.25, 0.3) is 0 Å².